The van der Waals surface area contributed by atoms with Crippen molar-refractivity contribution in [3.05, 3.63) is 107 Å². The highest BCUT2D eigenvalue weighted by Gasteiger charge is 2.56. The van der Waals surface area contributed by atoms with Crippen LogP contribution < -0.4 is 10.4 Å². The van der Waals surface area contributed by atoms with Crippen molar-refractivity contribution in [3.63, 3.8) is 0 Å². The van der Waals surface area contributed by atoms with E-state index in [2.05, 4.69) is 30.8 Å². The molecule has 3 aromatic carbocycles. The van der Waals surface area contributed by atoms with Gasteiger partial charge in [0.1, 0.15) is 23.7 Å². The van der Waals surface area contributed by atoms with Gasteiger partial charge in [-0.15, -0.1) is 11.8 Å². The average Bonchev–Trinajstić information content (AvgIpc) is 2.95. The first-order valence-electron chi connectivity index (χ1n) is 12.7. The second kappa shape index (κ2) is 12.4. The molecule has 0 bridgehead atoms. The fraction of sp³-hybridized carbons (Fsp3) is 0.345. The quantitative estimate of drug-likeness (QED) is 0.137. The number of carbonyl (C=O) groups excluding carboxylic acids is 1. The Morgan fingerprint density at radius 2 is 1.49 bits per heavy atom. The van der Waals surface area contributed by atoms with Gasteiger partial charge in [0, 0.05) is 4.91 Å². The summed E-state index contributed by atoms with van der Waals surface area (Å²) < 4.78 is 19.1. The van der Waals surface area contributed by atoms with Gasteiger partial charge in [-0.25, -0.2) is 4.79 Å². The summed E-state index contributed by atoms with van der Waals surface area (Å²) in [5.41, 5.74) is 8.89. The number of carbonyl (C=O) groups is 1. The topological polar surface area (TPSA) is 114 Å². The number of nitrogens with zero attached hydrogens (tertiary/aromatic N) is 3. The Bertz CT molecular complexity index is 1250. The monoisotopic (exact) mass is 563 g/mol. The SMILES string of the molecule is CS[C@@H]1OC(O[Si](c2ccccc2)(c2ccccc2)C(C)(C)C)[C@H](O)[C@H](OC(=O)c2ccccc2)[C@@H]1N=[N+]=[N-]. The van der Waals surface area contributed by atoms with Crippen molar-refractivity contribution in [2.45, 2.75) is 55.8 Å². The molecule has 10 heteroatoms. The summed E-state index contributed by atoms with van der Waals surface area (Å²) in [7, 11) is -3.13. The molecule has 0 spiro atoms. The first kappa shape index (κ1) is 28.9. The molecule has 1 N–H and O–H groups in total. The number of hydrogen-bond acceptors (Lipinski definition) is 7. The van der Waals surface area contributed by atoms with Crippen LogP contribution in [0.25, 0.3) is 10.4 Å². The van der Waals surface area contributed by atoms with E-state index in [1.54, 1.807) is 36.6 Å². The summed E-state index contributed by atoms with van der Waals surface area (Å²) in [5, 5.41) is 17.2. The summed E-state index contributed by atoms with van der Waals surface area (Å²) in [6.45, 7) is 6.36. The number of benzene rings is 3. The maximum absolute atomic E-state index is 13.0. The van der Waals surface area contributed by atoms with E-state index in [0.717, 1.165) is 10.4 Å². The van der Waals surface area contributed by atoms with Crippen molar-refractivity contribution >= 4 is 36.4 Å². The Balaban J connectivity index is 1.79. The minimum Gasteiger partial charge on any atom is -0.455 e. The van der Waals surface area contributed by atoms with Gasteiger partial charge in [0.25, 0.3) is 8.32 Å². The van der Waals surface area contributed by atoms with Gasteiger partial charge in [-0.3, -0.25) is 0 Å². The zero-order valence-corrected chi connectivity index (χ0v) is 24.2. The van der Waals surface area contributed by atoms with Crippen LogP contribution in [0.15, 0.2) is 96.1 Å². The van der Waals surface area contributed by atoms with E-state index >= 15 is 0 Å². The molecular formula is C29H33N3O5SSi. The Morgan fingerprint density at radius 3 is 1.95 bits per heavy atom. The Morgan fingerprint density at radius 1 is 0.974 bits per heavy atom. The predicted molar refractivity (Wildman–Crippen MR) is 155 cm³/mol. The van der Waals surface area contributed by atoms with Gasteiger partial charge in [-0.1, -0.05) is 105 Å². The molecule has 0 aromatic heterocycles. The van der Waals surface area contributed by atoms with E-state index in [1.165, 1.54) is 11.8 Å². The molecule has 3 aromatic rings. The van der Waals surface area contributed by atoms with Crippen molar-refractivity contribution in [1.29, 1.82) is 0 Å². The minimum atomic E-state index is -3.13. The Labute approximate surface area is 234 Å². The molecule has 1 unspecified atom stereocenters. The second-order valence-electron chi connectivity index (χ2n) is 10.3. The molecule has 0 radical (unpaired) electrons. The summed E-state index contributed by atoms with van der Waals surface area (Å²) in [6.07, 6.45) is -1.97. The third-order valence-corrected chi connectivity index (χ3v) is 12.7. The number of aliphatic hydroxyl groups excluding tert-OH is 1. The van der Waals surface area contributed by atoms with E-state index in [4.69, 9.17) is 13.9 Å². The predicted octanol–water partition coefficient (Wildman–Crippen LogP) is 4.87. The summed E-state index contributed by atoms with van der Waals surface area (Å²) in [4.78, 5) is 16.0. The van der Waals surface area contributed by atoms with Gasteiger partial charge >= 0.3 is 5.97 Å². The zero-order valence-electron chi connectivity index (χ0n) is 22.4. The maximum atomic E-state index is 13.0. The van der Waals surface area contributed by atoms with Crippen LogP contribution in [-0.4, -0.2) is 55.6 Å². The molecular weight excluding hydrogens is 530 g/mol. The van der Waals surface area contributed by atoms with Crippen molar-refractivity contribution in [3.8, 4) is 0 Å². The maximum Gasteiger partial charge on any atom is 0.338 e. The van der Waals surface area contributed by atoms with Gasteiger partial charge in [0.2, 0.25) is 0 Å². The number of hydrogen-bond donors (Lipinski definition) is 1. The molecule has 0 amide bonds. The van der Waals surface area contributed by atoms with E-state index < -0.39 is 44.3 Å². The largest absolute Gasteiger partial charge is 0.455 e. The number of ether oxygens (including phenoxy) is 2. The number of rotatable bonds is 8. The summed E-state index contributed by atoms with van der Waals surface area (Å²) in [5.74, 6) is -0.635. The van der Waals surface area contributed by atoms with Gasteiger partial charge in [0.15, 0.2) is 6.29 Å². The molecule has 1 fully saturated rings. The summed E-state index contributed by atoms with van der Waals surface area (Å²) >= 11 is 1.30. The third-order valence-electron chi connectivity index (χ3n) is 6.88. The molecule has 4 rings (SSSR count). The highest BCUT2D eigenvalue weighted by Crippen LogP contribution is 2.40. The lowest BCUT2D eigenvalue weighted by atomic mass is 10.0. The molecule has 1 aliphatic rings. The number of thioether (sulfide) groups is 1. The molecule has 1 saturated heterocycles. The van der Waals surface area contributed by atoms with Crippen LogP contribution in [0.5, 0.6) is 0 Å². The van der Waals surface area contributed by atoms with E-state index in [-0.39, 0.29) is 5.04 Å². The molecule has 39 heavy (non-hydrogen) atoms. The normalized spacial score (nSPS) is 23.5. The lowest BCUT2D eigenvalue weighted by molar-refractivity contribution is -0.226. The highest BCUT2D eigenvalue weighted by molar-refractivity contribution is 7.99. The molecule has 0 saturated carbocycles. The van der Waals surface area contributed by atoms with Crippen LogP contribution in [0.3, 0.4) is 0 Å². The number of azide groups is 1. The van der Waals surface area contributed by atoms with E-state index in [9.17, 15) is 15.4 Å². The van der Waals surface area contributed by atoms with Crippen LogP contribution in [0.2, 0.25) is 5.04 Å². The smallest absolute Gasteiger partial charge is 0.338 e. The van der Waals surface area contributed by atoms with Crippen molar-refractivity contribution in [2.75, 3.05) is 6.26 Å². The van der Waals surface area contributed by atoms with Gasteiger partial charge in [-0.05, 0) is 39.3 Å². The molecule has 0 aliphatic carbocycles. The van der Waals surface area contributed by atoms with Crippen molar-refractivity contribution < 1.29 is 23.8 Å². The van der Waals surface area contributed by atoms with Crippen LogP contribution in [0.1, 0.15) is 31.1 Å². The fourth-order valence-corrected chi connectivity index (χ4v) is 10.3. The van der Waals surface area contributed by atoms with Crippen molar-refractivity contribution in [1.82, 2.24) is 0 Å². The Hall–Kier alpha value is -3.11. The lowest BCUT2D eigenvalue weighted by Crippen LogP contribution is -2.70. The number of aliphatic hydroxyl groups is 1. The third kappa shape index (κ3) is 5.91. The highest BCUT2D eigenvalue weighted by atomic mass is 32.2. The van der Waals surface area contributed by atoms with Crippen LogP contribution >= 0.6 is 11.8 Å². The minimum absolute atomic E-state index is 0.320. The molecule has 8 nitrogen and oxygen atoms in total. The first-order valence-corrected chi connectivity index (χ1v) is 15.9. The van der Waals surface area contributed by atoms with Crippen LogP contribution in [-0.2, 0) is 13.9 Å². The number of esters is 1. The summed E-state index contributed by atoms with van der Waals surface area (Å²) in [6, 6.07) is 27.5. The molecule has 204 valence electrons. The van der Waals surface area contributed by atoms with Crippen LogP contribution in [0, 0.1) is 0 Å². The fourth-order valence-electron chi connectivity index (χ4n) is 5.05. The molecule has 1 heterocycles. The standard InChI is InChI=1S/C29H33N3O5SSi/c1-29(2,3)39(21-16-10-6-11-17-21,22-18-12-7-13-19-22)37-27-24(33)25(23(31-32-30)28(36-27)38-4)35-26(34)20-14-8-5-9-15-20/h5-19,23-25,27-28,33H,1-4H3/t23-,24+,25+,27?,28-/m0/s1. The lowest BCUT2D eigenvalue weighted by Gasteiger charge is -2.49. The van der Waals surface area contributed by atoms with Gasteiger partial charge < -0.3 is 19.0 Å². The first-order chi connectivity index (χ1) is 18.7. The average molecular weight is 564 g/mol. The van der Waals surface area contributed by atoms with Gasteiger partial charge in [-0.2, -0.15) is 0 Å². The van der Waals surface area contributed by atoms with Crippen LogP contribution in [0.4, 0.5) is 0 Å². The molecule has 5 atom stereocenters. The Kier molecular flexibility index (Phi) is 9.17. The van der Waals surface area contributed by atoms with E-state index in [1.807, 2.05) is 60.7 Å². The molecule has 1 aliphatic heterocycles. The zero-order chi connectivity index (χ0) is 28.0. The van der Waals surface area contributed by atoms with Crippen molar-refractivity contribution in [2.24, 2.45) is 5.11 Å². The van der Waals surface area contributed by atoms with E-state index in [0.29, 0.717) is 5.56 Å². The second-order valence-corrected chi connectivity index (χ2v) is 15.5. The van der Waals surface area contributed by atoms with Gasteiger partial charge in [0.05, 0.1) is 5.56 Å².